The maximum Gasteiger partial charge on any atom is 0.387 e. The molecule has 10 nitrogen and oxygen atoms in total. The van der Waals surface area contributed by atoms with E-state index in [-0.39, 0.29) is 36.2 Å². The first kappa shape index (κ1) is 30.5. The van der Waals surface area contributed by atoms with E-state index < -0.39 is 12.5 Å². The number of carbonyl (C=O) groups excluding carboxylic acids is 3. The zero-order valence-corrected chi connectivity index (χ0v) is 23.5. The molecule has 1 aliphatic heterocycles. The van der Waals surface area contributed by atoms with Gasteiger partial charge >= 0.3 is 6.61 Å². The first-order valence-corrected chi connectivity index (χ1v) is 13.9. The molecule has 0 atom stereocenters. The van der Waals surface area contributed by atoms with Crippen molar-refractivity contribution in [3.63, 3.8) is 0 Å². The van der Waals surface area contributed by atoms with Crippen LogP contribution in [0.25, 0.3) is 11.4 Å². The lowest BCUT2D eigenvalue weighted by Gasteiger charge is -2.26. The lowest BCUT2D eigenvalue weighted by atomic mass is 10.1. The van der Waals surface area contributed by atoms with Crippen molar-refractivity contribution in [1.29, 1.82) is 0 Å². The summed E-state index contributed by atoms with van der Waals surface area (Å²) in [7, 11) is 0. The third kappa shape index (κ3) is 8.51. The van der Waals surface area contributed by atoms with Crippen molar-refractivity contribution in [1.82, 2.24) is 24.7 Å². The molecule has 0 unspecified atom stereocenters. The van der Waals surface area contributed by atoms with Crippen LogP contribution < -0.4 is 14.8 Å². The molecule has 0 radical (unpaired) electrons. The summed E-state index contributed by atoms with van der Waals surface area (Å²) in [5.74, 6) is 0.252. The van der Waals surface area contributed by atoms with Crippen LogP contribution in [0.3, 0.4) is 0 Å². The highest BCUT2D eigenvalue weighted by Crippen LogP contribution is 2.25. The van der Waals surface area contributed by atoms with Crippen LogP contribution in [0, 0.1) is 0 Å². The summed E-state index contributed by atoms with van der Waals surface area (Å²) >= 11 is 0. The average molecular weight is 584 g/mol. The van der Waals surface area contributed by atoms with Gasteiger partial charge in [0.15, 0.2) is 0 Å². The van der Waals surface area contributed by atoms with E-state index in [1.165, 1.54) is 25.1 Å². The van der Waals surface area contributed by atoms with Gasteiger partial charge in [0.05, 0.1) is 18.7 Å². The molecule has 0 saturated heterocycles. The number of benzene rings is 2. The summed E-state index contributed by atoms with van der Waals surface area (Å²) in [6, 6.07) is 13.5. The number of hydrogen-bond donors (Lipinski definition) is 1. The fourth-order valence-corrected chi connectivity index (χ4v) is 4.75. The van der Waals surface area contributed by atoms with Crippen LogP contribution in [0.15, 0.2) is 60.9 Å². The van der Waals surface area contributed by atoms with E-state index in [1.54, 1.807) is 22.1 Å². The van der Waals surface area contributed by atoms with Gasteiger partial charge in [-0.05, 0) is 43.5 Å². The standard InChI is InChI=1S/C30H35F2N5O5/c1-22(38)34-21-27(39)35-13-4-5-14-37(29(40)25-10-2-3-11-26(25)42-30(31)32)18-17-36-16-12-33-28(36)23-8-6-9-24(20-23)41-19-7-15-35/h2-3,6,8-12,16,20,30H,4-5,7,13-15,17-19,21H2,1H3,(H,34,38). The van der Waals surface area contributed by atoms with Crippen molar-refractivity contribution in [3.8, 4) is 22.9 Å². The van der Waals surface area contributed by atoms with E-state index in [4.69, 9.17) is 4.74 Å². The summed E-state index contributed by atoms with van der Waals surface area (Å²) in [4.78, 5) is 45.6. The molecule has 1 aliphatic rings. The Balaban J connectivity index is 1.59. The van der Waals surface area contributed by atoms with E-state index in [9.17, 15) is 23.2 Å². The molecule has 2 heterocycles. The second kappa shape index (κ2) is 14.9. The van der Waals surface area contributed by atoms with Gasteiger partial charge in [0.25, 0.3) is 5.91 Å². The summed E-state index contributed by atoms with van der Waals surface area (Å²) in [5, 5.41) is 2.55. The summed E-state index contributed by atoms with van der Waals surface area (Å²) in [6.45, 7) is 0.462. The minimum Gasteiger partial charge on any atom is -0.494 e. The molecule has 1 N–H and O–H groups in total. The van der Waals surface area contributed by atoms with Gasteiger partial charge in [-0.2, -0.15) is 8.78 Å². The van der Waals surface area contributed by atoms with Crippen LogP contribution in [0.2, 0.25) is 0 Å². The Bertz CT molecular complexity index is 1370. The van der Waals surface area contributed by atoms with Crippen LogP contribution in [-0.4, -0.2) is 83.0 Å². The van der Waals surface area contributed by atoms with E-state index in [2.05, 4.69) is 15.0 Å². The number of nitrogens with one attached hydrogen (secondary N) is 1. The molecule has 3 aromatic rings. The number of alkyl halides is 2. The first-order valence-electron chi connectivity index (χ1n) is 13.9. The largest absolute Gasteiger partial charge is 0.494 e. The van der Waals surface area contributed by atoms with Crippen molar-refractivity contribution in [2.24, 2.45) is 0 Å². The number of amides is 3. The SMILES string of the molecule is CC(=O)NCC(=O)N1CCCCN(C(=O)c2ccccc2OC(F)F)CCn2ccnc2-c2cccc(c2)OCCC1. The van der Waals surface area contributed by atoms with Crippen LogP contribution in [0.1, 0.15) is 36.5 Å². The van der Waals surface area contributed by atoms with E-state index in [0.717, 1.165) is 5.56 Å². The number of aromatic nitrogens is 2. The molecule has 2 bridgehead atoms. The highest BCUT2D eigenvalue weighted by atomic mass is 19.3. The first-order chi connectivity index (χ1) is 20.3. The number of nitrogens with zero attached hydrogens (tertiary/aromatic N) is 4. The Morgan fingerprint density at radius 3 is 2.52 bits per heavy atom. The van der Waals surface area contributed by atoms with Crippen molar-refractivity contribution in [3.05, 3.63) is 66.5 Å². The molecule has 3 amide bonds. The Labute approximate surface area is 243 Å². The molecule has 1 aromatic heterocycles. The van der Waals surface area contributed by atoms with Crippen LogP contribution in [0.4, 0.5) is 8.78 Å². The monoisotopic (exact) mass is 583 g/mol. The van der Waals surface area contributed by atoms with Crippen LogP contribution >= 0.6 is 0 Å². The van der Waals surface area contributed by atoms with Crippen LogP contribution in [0.5, 0.6) is 11.5 Å². The maximum atomic E-state index is 13.7. The Morgan fingerprint density at radius 2 is 1.74 bits per heavy atom. The lowest BCUT2D eigenvalue weighted by Crippen LogP contribution is -2.41. The highest BCUT2D eigenvalue weighted by molar-refractivity contribution is 5.97. The Kier molecular flexibility index (Phi) is 10.8. The molecule has 2 aromatic carbocycles. The van der Waals surface area contributed by atoms with Crippen LogP contribution in [-0.2, 0) is 16.1 Å². The second-order valence-corrected chi connectivity index (χ2v) is 9.84. The molecule has 0 spiro atoms. The molecule has 0 saturated carbocycles. The maximum absolute atomic E-state index is 13.7. The van der Waals surface area contributed by atoms with E-state index >= 15 is 0 Å². The molecule has 224 valence electrons. The zero-order chi connectivity index (χ0) is 29.9. The second-order valence-electron chi connectivity index (χ2n) is 9.84. The van der Waals surface area contributed by atoms with Gasteiger partial charge in [-0.25, -0.2) is 4.98 Å². The number of rotatable bonds is 5. The predicted octanol–water partition coefficient (Wildman–Crippen LogP) is 3.82. The number of para-hydroxylation sites is 1. The molecular formula is C30H35F2N5O5. The minimum atomic E-state index is -3.07. The van der Waals surface area contributed by atoms with Crippen molar-refractivity contribution in [2.75, 3.05) is 39.3 Å². The molecule has 0 aliphatic carbocycles. The zero-order valence-electron chi connectivity index (χ0n) is 23.5. The van der Waals surface area contributed by atoms with Crippen molar-refractivity contribution in [2.45, 2.75) is 39.3 Å². The third-order valence-corrected chi connectivity index (χ3v) is 6.83. The lowest BCUT2D eigenvalue weighted by molar-refractivity contribution is -0.132. The topological polar surface area (TPSA) is 106 Å². The van der Waals surface area contributed by atoms with Gasteiger partial charge in [-0.15, -0.1) is 0 Å². The fourth-order valence-electron chi connectivity index (χ4n) is 4.75. The van der Waals surface area contributed by atoms with Gasteiger partial charge in [-0.1, -0.05) is 24.3 Å². The summed E-state index contributed by atoms with van der Waals surface area (Å²) < 4.78 is 38.7. The van der Waals surface area contributed by atoms with Crippen molar-refractivity contribution < 1.29 is 32.6 Å². The summed E-state index contributed by atoms with van der Waals surface area (Å²) in [6.07, 6.45) is 5.23. The minimum absolute atomic E-state index is 0.0477. The number of halogens is 2. The van der Waals surface area contributed by atoms with Crippen molar-refractivity contribution >= 4 is 17.7 Å². The smallest absolute Gasteiger partial charge is 0.387 e. The molecule has 0 fully saturated rings. The number of carbonyl (C=O) groups is 3. The summed E-state index contributed by atoms with van der Waals surface area (Å²) in [5.41, 5.74) is 0.883. The number of hydrogen-bond acceptors (Lipinski definition) is 6. The Hall–Kier alpha value is -4.48. The van der Waals surface area contributed by atoms with E-state index in [1.807, 2.05) is 35.0 Å². The molecular weight excluding hydrogens is 548 g/mol. The quantitative estimate of drug-likeness (QED) is 0.490. The molecule has 42 heavy (non-hydrogen) atoms. The third-order valence-electron chi connectivity index (χ3n) is 6.83. The molecule has 12 heteroatoms. The number of fused-ring (bicyclic) bond motifs is 4. The van der Waals surface area contributed by atoms with Gasteiger partial charge in [-0.3, -0.25) is 14.4 Å². The molecule has 4 rings (SSSR count). The predicted molar refractivity (Wildman–Crippen MR) is 151 cm³/mol. The fraction of sp³-hybridized carbons (Fsp3) is 0.400. The van der Waals surface area contributed by atoms with Gasteiger partial charge in [0, 0.05) is 57.6 Å². The van der Waals surface area contributed by atoms with E-state index in [0.29, 0.717) is 63.6 Å². The van der Waals surface area contributed by atoms with Gasteiger partial charge in [0.2, 0.25) is 11.8 Å². The van der Waals surface area contributed by atoms with Gasteiger partial charge < -0.3 is 29.2 Å². The number of imidazole rings is 1. The normalized spacial score (nSPS) is 14.9. The Morgan fingerprint density at radius 1 is 0.976 bits per heavy atom. The highest BCUT2D eigenvalue weighted by Gasteiger charge is 2.22. The average Bonchev–Trinajstić information content (AvgIpc) is 3.44. The number of ether oxygens (including phenoxy) is 2. The van der Waals surface area contributed by atoms with Gasteiger partial charge in [0.1, 0.15) is 17.3 Å².